The Balaban J connectivity index is 1.97. The van der Waals surface area contributed by atoms with Gasteiger partial charge in [-0.05, 0) is 36.2 Å². The van der Waals surface area contributed by atoms with Gasteiger partial charge in [0.15, 0.2) is 0 Å². The van der Waals surface area contributed by atoms with Crippen LogP contribution in [0.1, 0.15) is 24.1 Å². The summed E-state index contributed by atoms with van der Waals surface area (Å²) in [5.74, 6) is -2.65. The van der Waals surface area contributed by atoms with Gasteiger partial charge < -0.3 is 14.4 Å². The number of hydrogen-bond donors (Lipinski definition) is 0. The van der Waals surface area contributed by atoms with E-state index in [1.807, 2.05) is 12.1 Å². The Labute approximate surface area is 156 Å². The fourth-order valence-electron chi connectivity index (χ4n) is 3.21. The minimum atomic E-state index is -1.19. The molecule has 1 aromatic carbocycles. The molecule has 0 aliphatic carbocycles. The molecule has 140 valence electrons. The lowest BCUT2D eigenvalue weighted by Crippen LogP contribution is -2.31. The van der Waals surface area contributed by atoms with Gasteiger partial charge in [0.2, 0.25) is 5.78 Å². The molecular formula is C20H20N2O5. The fourth-order valence-corrected chi connectivity index (χ4v) is 3.21. The summed E-state index contributed by atoms with van der Waals surface area (Å²) in [5, 5.41) is 0. The molecule has 27 heavy (non-hydrogen) atoms. The maximum Gasteiger partial charge on any atom is 0.319 e. The molecule has 2 atom stereocenters. The minimum Gasteiger partial charge on any atom is -0.497 e. The Morgan fingerprint density at radius 2 is 1.93 bits per heavy atom. The van der Waals surface area contributed by atoms with E-state index in [-0.39, 0.29) is 13.2 Å². The highest BCUT2D eigenvalue weighted by Crippen LogP contribution is 2.37. The average molecular weight is 368 g/mol. The van der Waals surface area contributed by atoms with Gasteiger partial charge in [0.05, 0.1) is 19.8 Å². The van der Waals surface area contributed by atoms with Gasteiger partial charge in [-0.15, -0.1) is 0 Å². The summed E-state index contributed by atoms with van der Waals surface area (Å²) in [4.78, 5) is 43.1. The molecule has 0 saturated carbocycles. The summed E-state index contributed by atoms with van der Waals surface area (Å²) in [6.07, 6.45) is 3.15. The van der Waals surface area contributed by atoms with Crippen LogP contribution in [0, 0.1) is 5.92 Å². The van der Waals surface area contributed by atoms with Gasteiger partial charge in [-0.3, -0.25) is 19.4 Å². The lowest BCUT2D eigenvalue weighted by Gasteiger charge is -2.26. The molecule has 1 aliphatic heterocycles. The lowest BCUT2D eigenvalue weighted by molar-refractivity contribution is -0.152. The van der Waals surface area contributed by atoms with Crippen LogP contribution in [0.2, 0.25) is 0 Å². The van der Waals surface area contributed by atoms with Crippen molar-refractivity contribution >= 4 is 17.7 Å². The quantitative estimate of drug-likeness (QED) is 0.440. The molecule has 7 heteroatoms. The highest BCUT2D eigenvalue weighted by molar-refractivity contribution is 6.42. The van der Waals surface area contributed by atoms with E-state index in [0.29, 0.717) is 11.3 Å². The molecule has 0 unspecified atom stereocenters. The summed E-state index contributed by atoms with van der Waals surface area (Å²) in [5.41, 5.74) is 1.43. The summed E-state index contributed by atoms with van der Waals surface area (Å²) in [6, 6.07) is 9.88. The second-order valence-corrected chi connectivity index (χ2v) is 6.11. The Hall–Kier alpha value is -3.22. The average Bonchev–Trinajstić information content (AvgIpc) is 2.94. The third-order valence-corrected chi connectivity index (χ3v) is 4.48. The number of carbonyl (C=O) groups excluding carboxylic acids is 3. The number of likely N-dealkylation sites (tertiary alicyclic amines) is 1. The number of aromatic nitrogens is 1. The van der Waals surface area contributed by atoms with Gasteiger partial charge in [-0.1, -0.05) is 18.2 Å². The summed E-state index contributed by atoms with van der Waals surface area (Å²) >= 11 is 0. The van der Waals surface area contributed by atoms with E-state index in [1.54, 1.807) is 50.7 Å². The molecular weight excluding hydrogens is 348 g/mol. The number of ketones is 1. The van der Waals surface area contributed by atoms with Gasteiger partial charge in [0, 0.05) is 18.9 Å². The van der Waals surface area contributed by atoms with Crippen LogP contribution in [0.15, 0.2) is 48.8 Å². The van der Waals surface area contributed by atoms with Crippen molar-refractivity contribution in [1.29, 1.82) is 0 Å². The van der Waals surface area contributed by atoms with Crippen LogP contribution in [-0.2, 0) is 25.7 Å². The first-order chi connectivity index (χ1) is 13.1. The Bertz CT molecular complexity index is 835. The number of Topliss-reactive ketones (excluding diaryl/α,β-unsaturated/α-hetero) is 1. The number of rotatable bonds is 6. The SMILES string of the molecule is CCOC(=O)[C@H]1C(=O)C(=O)N(Cc2ccc(OC)cc2)[C@H]1c1cccnc1. The van der Waals surface area contributed by atoms with Crippen molar-refractivity contribution in [3.8, 4) is 5.75 Å². The number of nitrogens with zero attached hydrogens (tertiary/aromatic N) is 2. The Morgan fingerprint density at radius 3 is 2.52 bits per heavy atom. The Morgan fingerprint density at radius 1 is 1.19 bits per heavy atom. The molecule has 7 nitrogen and oxygen atoms in total. The van der Waals surface area contributed by atoms with E-state index in [4.69, 9.17) is 9.47 Å². The molecule has 2 heterocycles. The number of ether oxygens (including phenoxy) is 2. The van der Waals surface area contributed by atoms with Gasteiger partial charge in [0.25, 0.3) is 5.91 Å². The Kier molecular flexibility index (Phi) is 5.49. The van der Waals surface area contributed by atoms with E-state index < -0.39 is 29.6 Å². The molecule has 0 bridgehead atoms. The standard InChI is InChI=1S/C20H20N2O5/c1-3-27-20(25)16-17(14-5-4-10-21-11-14)22(19(24)18(16)23)12-13-6-8-15(26-2)9-7-13/h4-11,16-17H,3,12H2,1-2H3/t16-,17+/m1/s1. The third-order valence-electron chi connectivity index (χ3n) is 4.48. The van der Waals surface area contributed by atoms with Gasteiger partial charge in [0.1, 0.15) is 11.7 Å². The van der Waals surface area contributed by atoms with Gasteiger partial charge in [-0.25, -0.2) is 0 Å². The number of pyridine rings is 1. The first-order valence-corrected chi connectivity index (χ1v) is 8.61. The van der Waals surface area contributed by atoms with Crippen molar-refractivity contribution in [2.45, 2.75) is 19.5 Å². The predicted octanol–water partition coefficient (Wildman–Crippen LogP) is 1.92. The highest BCUT2D eigenvalue weighted by Gasteiger charge is 2.52. The zero-order valence-corrected chi connectivity index (χ0v) is 15.1. The normalized spacial score (nSPS) is 19.3. The first-order valence-electron chi connectivity index (χ1n) is 8.61. The van der Waals surface area contributed by atoms with Crippen LogP contribution in [0.25, 0.3) is 0 Å². The monoisotopic (exact) mass is 368 g/mol. The molecule has 1 aliphatic rings. The smallest absolute Gasteiger partial charge is 0.319 e. The second kappa shape index (κ2) is 7.99. The number of carbonyl (C=O) groups is 3. The van der Waals surface area contributed by atoms with Gasteiger partial charge in [-0.2, -0.15) is 0 Å². The van der Waals surface area contributed by atoms with Crippen molar-refractivity contribution in [1.82, 2.24) is 9.88 Å². The number of amides is 1. The van der Waals surface area contributed by atoms with Crippen LogP contribution in [-0.4, -0.2) is 41.3 Å². The fraction of sp³-hybridized carbons (Fsp3) is 0.300. The maximum atomic E-state index is 12.7. The van der Waals surface area contributed by atoms with Crippen LogP contribution in [0.4, 0.5) is 0 Å². The number of methoxy groups -OCH3 is 1. The third kappa shape index (κ3) is 3.67. The number of esters is 1. The highest BCUT2D eigenvalue weighted by atomic mass is 16.5. The van der Waals surface area contributed by atoms with Crippen molar-refractivity contribution < 1.29 is 23.9 Å². The van der Waals surface area contributed by atoms with Crippen molar-refractivity contribution in [3.63, 3.8) is 0 Å². The first kappa shape index (κ1) is 18.6. The zero-order chi connectivity index (χ0) is 19.4. The van der Waals surface area contributed by atoms with E-state index in [1.165, 1.54) is 4.90 Å². The molecule has 3 rings (SSSR count). The van der Waals surface area contributed by atoms with Crippen LogP contribution < -0.4 is 4.74 Å². The lowest BCUT2D eigenvalue weighted by atomic mass is 9.94. The van der Waals surface area contributed by atoms with Crippen LogP contribution in [0.3, 0.4) is 0 Å². The molecule has 1 saturated heterocycles. The molecule has 1 fully saturated rings. The summed E-state index contributed by atoms with van der Waals surface area (Å²) in [6.45, 7) is 1.98. The number of hydrogen-bond acceptors (Lipinski definition) is 6. The molecule has 0 radical (unpaired) electrons. The molecule has 0 N–H and O–H groups in total. The van der Waals surface area contributed by atoms with E-state index in [0.717, 1.165) is 5.56 Å². The molecule has 2 aromatic rings. The van der Waals surface area contributed by atoms with Crippen LogP contribution in [0.5, 0.6) is 5.75 Å². The summed E-state index contributed by atoms with van der Waals surface area (Å²) in [7, 11) is 1.57. The molecule has 0 spiro atoms. The predicted molar refractivity (Wildman–Crippen MR) is 95.7 cm³/mol. The number of benzene rings is 1. The molecule has 1 amide bonds. The molecule has 1 aromatic heterocycles. The van der Waals surface area contributed by atoms with E-state index in [2.05, 4.69) is 4.98 Å². The van der Waals surface area contributed by atoms with E-state index >= 15 is 0 Å². The topological polar surface area (TPSA) is 85.8 Å². The van der Waals surface area contributed by atoms with Crippen molar-refractivity contribution in [2.24, 2.45) is 5.92 Å². The van der Waals surface area contributed by atoms with Crippen molar-refractivity contribution in [2.75, 3.05) is 13.7 Å². The van der Waals surface area contributed by atoms with Gasteiger partial charge >= 0.3 is 5.97 Å². The van der Waals surface area contributed by atoms with E-state index in [9.17, 15) is 14.4 Å². The zero-order valence-electron chi connectivity index (χ0n) is 15.1. The van der Waals surface area contributed by atoms with Crippen LogP contribution >= 0.6 is 0 Å². The maximum absolute atomic E-state index is 12.7. The largest absolute Gasteiger partial charge is 0.497 e. The second-order valence-electron chi connectivity index (χ2n) is 6.11. The minimum absolute atomic E-state index is 0.134. The van der Waals surface area contributed by atoms with Crippen molar-refractivity contribution in [3.05, 3.63) is 59.9 Å². The summed E-state index contributed by atoms with van der Waals surface area (Å²) < 4.78 is 10.2.